The van der Waals surface area contributed by atoms with Gasteiger partial charge in [-0.1, -0.05) is 30.3 Å². The Labute approximate surface area is 179 Å². The van der Waals surface area contributed by atoms with Crippen LogP contribution in [0.2, 0.25) is 0 Å². The molecule has 1 fully saturated rings. The Morgan fingerprint density at radius 2 is 1.97 bits per heavy atom. The summed E-state index contributed by atoms with van der Waals surface area (Å²) >= 11 is 1.53. The monoisotopic (exact) mass is 426 g/mol. The molecule has 4 rings (SSSR count). The van der Waals surface area contributed by atoms with Crippen molar-refractivity contribution in [3.63, 3.8) is 0 Å². The number of hydrogen-bond donors (Lipinski definition) is 1. The van der Waals surface area contributed by atoms with Gasteiger partial charge in [0.15, 0.2) is 0 Å². The van der Waals surface area contributed by atoms with E-state index in [1.54, 1.807) is 10.9 Å². The van der Waals surface area contributed by atoms with E-state index in [0.717, 1.165) is 53.7 Å². The first-order valence-corrected chi connectivity index (χ1v) is 11.1. The number of nitrogens with one attached hydrogen (secondary N) is 1. The summed E-state index contributed by atoms with van der Waals surface area (Å²) in [5.74, 6) is -0.0555. The van der Waals surface area contributed by atoms with E-state index in [1.165, 1.54) is 11.3 Å². The van der Waals surface area contributed by atoms with Crippen LogP contribution in [0, 0.1) is 6.92 Å². The van der Waals surface area contributed by atoms with E-state index < -0.39 is 0 Å². The van der Waals surface area contributed by atoms with E-state index >= 15 is 0 Å². The fraction of sp³-hybridized carbons (Fsp3) is 0.409. The lowest BCUT2D eigenvalue weighted by Gasteiger charge is -2.26. The van der Waals surface area contributed by atoms with Crippen molar-refractivity contribution in [1.82, 2.24) is 19.8 Å². The van der Waals surface area contributed by atoms with E-state index in [-0.39, 0.29) is 17.9 Å². The van der Waals surface area contributed by atoms with Crippen molar-refractivity contribution in [2.24, 2.45) is 0 Å². The minimum atomic E-state index is -0.0932. The van der Waals surface area contributed by atoms with Gasteiger partial charge in [-0.3, -0.25) is 19.1 Å². The number of thiophene rings is 1. The first-order chi connectivity index (χ1) is 14.6. The Morgan fingerprint density at radius 3 is 2.73 bits per heavy atom. The highest BCUT2D eigenvalue weighted by molar-refractivity contribution is 7.19. The highest BCUT2D eigenvalue weighted by atomic mass is 32.1. The maximum Gasteiger partial charge on any atom is 0.262 e. The Balaban J connectivity index is 1.42. The molecule has 8 heteroatoms. The SMILES string of the molecule is Cc1sc2ncn(CCC(=O)NCCN3CCOCC3)c(=O)c2c1-c1ccccc1. The zero-order chi connectivity index (χ0) is 20.9. The fourth-order valence-electron chi connectivity index (χ4n) is 3.74. The second-order valence-electron chi connectivity index (χ2n) is 7.38. The van der Waals surface area contributed by atoms with Crippen LogP contribution < -0.4 is 10.9 Å². The van der Waals surface area contributed by atoms with Crippen LogP contribution in [-0.2, 0) is 16.1 Å². The van der Waals surface area contributed by atoms with Crippen LogP contribution in [-0.4, -0.2) is 59.8 Å². The number of benzene rings is 1. The number of carbonyl (C=O) groups excluding carboxylic acids is 1. The second kappa shape index (κ2) is 9.51. The van der Waals surface area contributed by atoms with Gasteiger partial charge in [-0.2, -0.15) is 0 Å². The Bertz CT molecular complexity index is 1070. The smallest absolute Gasteiger partial charge is 0.262 e. The van der Waals surface area contributed by atoms with Gasteiger partial charge in [-0.25, -0.2) is 4.98 Å². The Morgan fingerprint density at radius 1 is 1.20 bits per heavy atom. The van der Waals surface area contributed by atoms with Crippen LogP contribution in [0.5, 0.6) is 0 Å². The van der Waals surface area contributed by atoms with Crippen molar-refractivity contribution in [3.8, 4) is 11.1 Å². The summed E-state index contributed by atoms with van der Waals surface area (Å²) in [6.45, 7) is 7.05. The Hall–Kier alpha value is -2.55. The third kappa shape index (κ3) is 4.61. The average molecular weight is 427 g/mol. The lowest BCUT2D eigenvalue weighted by atomic mass is 10.0. The number of amides is 1. The standard InChI is InChI=1S/C22H26N4O3S/c1-16-19(17-5-3-2-4-6-17)20-21(30-16)24-15-26(22(20)28)9-7-18(27)23-8-10-25-11-13-29-14-12-25/h2-6,15H,7-14H2,1H3,(H,23,27). The molecule has 0 saturated carbocycles. The van der Waals surface area contributed by atoms with Gasteiger partial charge in [0.1, 0.15) is 4.83 Å². The largest absolute Gasteiger partial charge is 0.379 e. The third-order valence-electron chi connectivity index (χ3n) is 5.35. The number of carbonyl (C=O) groups is 1. The molecular weight excluding hydrogens is 400 g/mol. The highest BCUT2D eigenvalue weighted by Gasteiger charge is 2.17. The van der Waals surface area contributed by atoms with Crippen molar-refractivity contribution >= 4 is 27.5 Å². The van der Waals surface area contributed by atoms with Gasteiger partial charge in [0.2, 0.25) is 5.91 Å². The van der Waals surface area contributed by atoms with Gasteiger partial charge in [-0.05, 0) is 12.5 Å². The topological polar surface area (TPSA) is 76.5 Å². The molecule has 0 aliphatic carbocycles. The highest BCUT2D eigenvalue weighted by Crippen LogP contribution is 2.35. The molecule has 1 N–H and O–H groups in total. The summed E-state index contributed by atoms with van der Waals surface area (Å²) in [4.78, 5) is 33.9. The predicted octanol–water partition coefficient (Wildman–Crippen LogP) is 2.27. The number of aryl methyl sites for hydroxylation is 2. The van der Waals surface area contributed by atoms with Gasteiger partial charge in [-0.15, -0.1) is 11.3 Å². The van der Waals surface area contributed by atoms with E-state index in [1.807, 2.05) is 37.3 Å². The van der Waals surface area contributed by atoms with E-state index in [2.05, 4.69) is 15.2 Å². The zero-order valence-electron chi connectivity index (χ0n) is 17.1. The molecule has 2 aromatic heterocycles. The summed E-state index contributed by atoms with van der Waals surface area (Å²) in [5.41, 5.74) is 1.86. The summed E-state index contributed by atoms with van der Waals surface area (Å²) in [6.07, 6.45) is 1.80. The van der Waals surface area contributed by atoms with Gasteiger partial charge < -0.3 is 10.1 Å². The molecule has 0 atom stereocenters. The molecule has 0 unspecified atom stereocenters. The van der Waals surface area contributed by atoms with Gasteiger partial charge in [0.05, 0.1) is 24.9 Å². The maximum absolute atomic E-state index is 13.1. The molecule has 30 heavy (non-hydrogen) atoms. The molecule has 3 heterocycles. The van der Waals surface area contributed by atoms with E-state index in [0.29, 0.717) is 18.5 Å². The first-order valence-electron chi connectivity index (χ1n) is 10.2. The number of fused-ring (bicyclic) bond motifs is 1. The van der Waals surface area contributed by atoms with E-state index in [4.69, 9.17) is 4.74 Å². The number of morpholine rings is 1. The molecule has 0 spiro atoms. The zero-order valence-corrected chi connectivity index (χ0v) is 17.9. The normalized spacial score (nSPS) is 14.8. The number of nitrogens with zero attached hydrogens (tertiary/aromatic N) is 3. The minimum absolute atomic E-state index is 0.0555. The van der Waals surface area contributed by atoms with Crippen LogP contribution in [0.3, 0.4) is 0 Å². The number of hydrogen-bond acceptors (Lipinski definition) is 6. The summed E-state index contributed by atoms with van der Waals surface area (Å²) in [6, 6.07) is 9.91. The van der Waals surface area contributed by atoms with Gasteiger partial charge in [0.25, 0.3) is 5.56 Å². The van der Waals surface area contributed by atoms with Gasteiger partial charge >= 0.3 is 0 Å². The van der Waals surface area contributed by atoms with Crippen molar-refractivity contribution in [1.29, 1.82) is 0 Å². The lowest BCUT2D eigenvalue weighted by Crippen LogP contribution is -2.41. The quantitative estimate of drug-likeness (QED) is 0.627. The lowest BCUT2D eigenvalue weighted by molar-refractivity contribution is -0.121. The summed E-state index contributed by atoms with van der Waals surface area (Å²) < 4.78 is 6.87. The molecule has 3 aromatic rings. The summed E-state index contributed by atoms with van der Waals surface area (Å²) in [5, 5.41) is 3.58. The van der Waals surface area contributed by atoms with E-state index in [9.17, 15) is 9.59 Å². The van der Waals surface area contributed by atoms with Crippen LogP contribution in [0.4, 0.5) is 0 Å². The molecule has 1 aliphatic rings. The first kappa shape index (κ1) is 20.7. The Kier molecular flexibility index (Phi) is 6.56. The average Bonchev–Trinajstić information content (AvgIpc) is 3.11. The van der Waals surface area contributed by atoms with Crippen molar-refractivity contribution in [3.05, 3.63) is 51.9 Å². The molecule has 1 aromatic carbocycles. The van der Waals surface area contributed by atoms with Crippen LogP contribution >= 0.6 is 11.3 Å². The number of aromatic nitrogens is 2. The molecule has 0 radical (unpaired) electrons. The van der Waals surface area contributed by atoms with Gasteiger partial charge in [0, 0.05) is 49.6 Å². The van der Waals surface area contributed by atoms with Crippen LogP contribution in [0.1, 0.15) is 11.3 Å². The molecule has 1 amide bonds. The third-order valence-corrected chi connectivity index (χ3v) is 6.36. The molecule has 7 nitrogen and oxygen atoms in total. The number of rotatable bonds is 7. The molecule has 1 aliphatic heterocycles. The van der Waals surface area contributed by atoms with Crippen LogP contribution in [0.25, 0.3) is 21.3 Å². The minimum Gasteiger partial charge on any atom is -0.379 e. The molecule has 0 bridgehead atoms. The fourth-order valence-corrected chi connectivity index (χ4v) is 4.74. The molecule has 158 valence electrons. The van der Waals surface area contributed by atoms with Crippen molar-refractivity contribution < 1.29 is 9.53 Å². The van der Waals surface area contributed by atoms with Crippen molar-refractivity contribution in [2.75, 3.05) is 39.4 Å². The number of ether oxygens (including phenoxy) is 1. The van der Waals surface area contributed by atoms with Crippen LogP contribution in [0.15, 0.2) is 41.5 Å². The van der Waals surface area contributed by atoms with Crippen molar-refractivity contribution in [2.45, 2.75) is 19.9 Å². The molecular formula is C22H26N4O3S. The predicted molar refractivity (Wildman–Crippen MR) is 119 cm³/mol. The maximum atomic E-state index is 13.1. The second-order valence-corrected chi connectivity index (χ2v) is 8.58. The summed E-state index contributed by atoms with van der Waals surface area (Å²) in [7, 11) is 0. The molecule has 1 saturated heterocycles.